The largest absolute Gasteiger partial charge is 0.379 e. The summed E-state index contributed by atoms with van der Waals surface area (Å²) in [6.45, 7) is 7.98. The Kier molecular flexibility index (Phi) is 20.9. The Morgan fingerprint density at radius 1 is 0.805 bits per heavy atom. The molecule has 0 radical (unpaired) electrons. The first-order valence-corrected chi connectivity index (χ1v) is 13.8. The van der Waals surface area contributed by atoms with Crippen molar-refractivity contribution in [3.8, 4) is 0 Å². The van der Waals surface area contributed by atoms with Gasteiger partial charge < -0.3 is 49.7 Å². The molecule has 1 unspecified atom stereocenters. The molecule has 1 aromatic carbocycles. The topological polar surface area (TPSA) is 163 Å². The van der Waals surface area contributed by atoms with E-state index in [1.54, 1.807) is 38.1 Å². The van der Waals surface area contributed by atoms with Crippen LogP contribution < -0.4 is 21.3 Å². The number of nitrogens with one attached hydrogen (secondary N) is 4. The van der Waals surface area contributed by atoms with Crippen LogP contribution in [0.4, 0.5) is 5.69 Å². The van der Waals surface area contributed by atoms with Gasteiger partial charge in [-0.05, 0) is 30.7 Å². The van der Waals surface area contributed by atoms with Crippen LogP contribution in [-0.4, -0.2) is 110 Å². The fraction of sp³-hybridized carbons (Fsp3) is 0.643. The van der Waals surface area contributed by atoms with Crippen molar-refractivity contribution in [1.29, 1.82) is 0 Å². The van der Waals surface area contributed by atoms with E-state index in [0.29, 0.717) is 58.2 Å². The summed E-state index contributed by atoms with van der Waals surface area (Å²) in [6.07, 6.45) is 0.764. The van der Waals surface area contributed by atoms with Crippen molar-refractivity contribution in [3.63, 3.8) is 0 Å². The van der Waals surface area contributed by atoms with E-state index in [2.05, 4.69) is 21.3 Å². The lowest BCUT2D eigenvalue weighted by molar-refractivity contribution is -0.131. The molecule has 1 rings (SSSR count). The summed E-state index contributed by atoms with van der Waals surface area (Å²) >= 11 is 0. The Balaban J connectivity index is 2.18. The molecule has 13 nitrogen and oxygen atoms in total. The summed E-state index contributed by atoms with van der Waals surface area (Å²) in [5.41, 5.74) is 1.41. The van der Waals surface area contributed by atoms with Gasteiger partial charge in [0.1, 0.15) is 18.9 Å². The van der Waals surface area contributed by atoms with Crippen molar-refractivity contribution >= 4 is 29.7 Å². The zero-order chi connectivity index (χ0) is 30.1. The van der Waals surface area contributed by atoms with E-state index in [1.165, 1.54) is 0 Å². The molecular weight excluding hydrogens is 536 g/mol. The number of amides is 3. The highest BCUT2D eigenvalue weighted by Crippen LogP contribution is 2.10. The number of aldehydes is 1. The number of ether oxygens (including phenoxy) is 5. The zero-order valence-electron chi connectivity index (χ0n) is 24.4. The van der Waals surface area contributed by atoms with Gasteiger partial charge in [-0.1, -0.05) is 26.0 Å². The average Bonchev–Trinajstić information content (AvgIpc) is 2.95. The quantitative estimate of drug-likeness (QED) is 0.0930. The molecule has 0 spiro atoms. The van der Waals surface area contributed by atoms with Crippen molar-refractivity contribution in [1.82, 2.24) is 16.0 Å². The average molecular weight is 583 g/mol. The smallest absolute Gasteiger partial charge is 0.243 e. The third-order valence-electron chi connectivity index (χ3n) is 5.47. The van der Waals surface area contributed by atoms with Crippen LogP contribution in [0, 0.1) is 5.92 Å². The van der Waals surface area contributed by atoms with Crippen molar-refractivity contribution in [2.45, 2.75) is 32.9 Å². The van der Waals surface area contributed by atoms with Crippen molar-refractivity contribution < 1.29 is 42.9 Å². The maximum absolute atomic E-state index is 12.6. The molecular formula is C28H46N4O9. The standard InChI is InChI=1S/C28H46N4O9/c1-22(2)27(28(36)30-20-26(35)31-24-6-4-23(5-7-24)21-41-13-10-33)32-25(34)8-11-37-14-16-39-18-19-40-17-15-38-12-9-29-3/h4-7,10,22,27,29H,8-9,11-21H2,1-3H3,(H,30,36)(H,31,35)(H,32,34). The highest BCUT2D eigenvalue weighted by atomic mass is 16.6. The van der Waals surface area contributed by atoms with Gasteiger partial charge in [-0.15, -0.1) is 0 Å². The summed E-state index contributed by atoms with van der Waals surface area (Å²) in [4.78, 5) is 47.5. The zero-order valence-corrected chi connectivity index (χ0v) is 24.4. The number of carbonyl (C=O) groups is 4. The predicted molar refractivity (Wildman–Crippen MR) is 152 cm³/mol. The van der Waals surface area contributed by atoms with Crippen LogP contribution >= 0.6 is 0 Å². The van der Waals surface area contributed by atoms with Gasteiger partial charge in [-0.3, -0.25) is 14.4 Å². The van der Waals surface area contributed by atoms with E-state index in [1.807, 2.05) is 7.05 Å². The van der Waals surface area contributed by atoms with Crippen molar-refractivity contribution in [2.24, 2.45) is 5.92 Å². The Bertz CT molecular complexity index is 869. The highest BCUT2D eigenvalue weighted by molar-refractivity contribution is 5.96. The molecule has 13 heteroatoms. The minimum atomic E-state index is -0.794. The van der Waals surface area contributed by atoms with E-state index >= 15 is 0 Å². The second-order valence-electron chi connectivity index (χ2n) is 9.24. The normalized spacial score (nSPS) is 11.7. The SMILES string of the molecule is CNCCOCCOCCOCCOCCC(=O)NC(C(=O)NCC(=O)Nc1ccc(COCC=O)cc1)C(C)C. The van der Waals surface area contributed by atoms with E-state index in [-0.39, 0.29) is 44.6 Å². The summed E-state index contributed by atoms with van der Waals surface area (Å²) in [6, 6.07) is 6.14. The Labute approximate surface area is 242 Å². The number of hydrogen-bond acceptors (Lipinski definition) is 10. The molecule has 3 amide bonds. The predicted octanol–water partition coefficient (Wildman–Crippen LogP) is 0.274. The van der Waals surface area contributed by atoms with Crippen LogP contribution in [-0.2, 0) is 49.5 Å². The molecule has 0 bridgehead atoms. The molecule has 0 saturated carbocycles. The van der Waals surface area contributed by atoms with Gasteiger partial charge in [0.2, 0.25) is 17.7 Å². The molecule has 1 aromatic rings. The number of hydrogen-bond donors (Lipinski definition) is 4. The monoisotopic (exact) mass is 582 g/mol. The number of likely N-dealkylation sites (N-methyl/N-ethyl adjacent to an activating group) is 1. The number of rotatable bonds is 25. The van der Waals surface area contributed by atoms with E-state index < -0.39 is 17.9 Å². The number of benzene rings is 1. The second-order valence-corrected chi connectivity index (χ2v) is 9.24. The van der Waals surface area contributed by atoms with Crippen LogP contribution in [0.25, 0.3) is 0 Å². The minimum absolute atomic E-state index is 0.0192. The Morgan fingerprint density at radius 3 is 1.95 bits per heavy atom. The fourth-order valence-electron chi connectivity index (χ4n) is 3.27. The Morgan fingerprint density at radius 2 is 1.39 bits per heavy atom. The van der Waals surface area contributed by atoms with Crippen LogP contribution in [0.15, 0.2) is 24.3 Å². The van der Waals surface area contributed by atoms with Crippen LogP contribution in [0.5, 0.6) is 0 Å². The number of carbonyl (C=O) groups excluding carboxylic acids is 4. The van der Waals surface area contributed by atoms with Gasteiger partial charge in [0.05, 0.1) is 66.0 Å². The highest BCUT2D eigenvalue weighted by Gasteiger charge is 2.24. The first kappa shape index (κ1) is 36.1. The van der Waals surface area contributed by atoms with Crippen molar-refractivity contribution in [3.05, 3.63) is 29.8 Å². The third kappa shape index (κ3) is 18.9. The molecule has 41 heavy (non-hydrogen) atoms. The van der Waals surface area contributed by atoms with E-state index in [9.17, 15) is 19.2 Å². The molecule has 0 aromatic heterocycles. The van der Waals surface area contributed by atoms with Gasteiger partial charge in [0.15, 0.2) is 0 Å². The molecule has 232 valence electrons. The van der Waals surface area contributed by atoms with E-state index in [0.717, 1.165) is 12.1 Å². The molecule has 1 atom stereocenters. The minimum Gasteiger partial charge on any atom is -0.379 e. The second kappa shape index (κ2) is 23.7. The number of anilines is 1. The molecule has 0 fully saturated rings. The lowest BCUT2D eigenvalue weighted by Crippen LogP contribution is -2.51. The molecule has 0 saturated heterocycles. The lowest BCUT2D eigenvalue weighted by Gasteiger charge is -2.21. The van der Waals surface area contributed by atoms with Crippen LogP contribution in [0.2, 0.25) is 0 Å². The van der Waals surface area contributed by atoms with Crippen LogP contribution in [0.1, 0.15) is 25.8 Å². The van der Waals surface area contributed by atoms with E-state index in [4.69, 9.17) is 23.7 Å². The molecule has 0 aliphatic rings. The third-order valence-corrected chi connectivity index (χ3v) is 5.47. The summed E-state index contributed by atoms with van der Waals surface area (Å²) in [5.74, 6) is -1.38. The first-order chi connectivity index (χ1) is 19.9. The Hall–Kier alpha value is -2.94. The molecule has 4 N–H and O–H groups in total. The summed E-state index contributed by atoms with van der Waals surface area (Å²) in [7, 11) is 1.87. The van der Waals surface area contributed by atoms with Gasteiger partial charge in [-0.2, -0.15) is 0 Å². The van der Waals surface area contributed by atoms with Crippen molar-refractivity contribution in [2.75, 3.05) is 84.9 Å². The first-order valence-electron chi connectivity index (χ1n) is 13.8. The van der Waals surface area contributed by atoms with Gasteiger partial charge in [-0.25, -0.2) is 0 Å². The molecule has 0 heterocycles. The van der Waals surface area contributed by atoms with Gasteiger partial charge in [0.25, 0.3) is 0 Å². The molecule has 0 aliphatic carbocycles. The maximum Gasteiger partial charge on any atom is 0.243 e. The maximum atomic E-state index is 12.6. The summed E-state index contributed by atoms with van der Waals surface area (Å²) in [5, 5.41) is 11.0. The van der Waals surface area contributed by atoms with Gasteiger partial charge >= 0.3 is 0 Å². The fourth-order valence-corrected chi connectivity index (χ4v) is 3.27. The lowest BCUT2D eigenvalue weighted by atomic mass is 10.0. The van der Waals surface area contributed by atoms with Gasteiger partial charge in [0, 0.05) is 18.7 Å². The molecule has 0 aliphatic heterocycles. The summed E-state index contributed by atoms with van der Waals surface area (Å²) < 4.78 is 26.7. The van der Waals surface area contributed by atoms with Crippen LogP contribution in [0.3, 0.4) is 0 Å².